The van der Waals surface area contributed by atoms with E-state index in [0.29, 0.717) is 35.6 Å². The second-order valence-corrected chi connectivity index (χ2v) is 9.44. The van der Waals surface area contributed by atoms with Crippen LogP contribution in [0.25, 0.3) is 5.69 Å². The Labute approximate surface area is 198 Å². The van der Waals surface area contributed by atoms with Crippen molar-refractivity contribution in [3.05, 3.63) is 47.0 Å². The van der Waals surface area contributed by atoms with Gasteiger partial charge in [-0.1, -0.05) is 43.3 Å². The van der Waals surface area contributed by atoms with Crippen molar-refractivity contribution in [1.29, 1.82) is 0 Å². The van der Waals surface area contributed by atoms with E-state index in [1.54, 1.807) is 0 Å². The van der Waals surface area contributed by atoms with Crippen molar-refractivity contribution >= 4 is 29.3 Å². The maximum absolute atomic E-state index is 12.7. The largest absolute Gasteiger partial charge is 0.370 e. The SMILES string of the molecule is Cc1ccc(-n2nc(C)c(NC(=O)CSc3nnc(CCC(N)=O)n3CC(C)C)c2C)cc1. The van der Waals surface area contributed by atoms with E-state index in [4.69, 9.17) is 5.73 Å². The molecule has 2 heterocycles. The summed E-state index contributed by atoms with van der Waals surface area (Å²) in [5, 5.41) is 16.7. The van der Waals surface area contributed by atoms with E-state index in [0.717, 1.165) is 17.1 Å². The Morgan fingerprint density at radius 3 is 2.45 bits per heavy atom. The van der Waals surface area contributed by atoms with Crippen LogP contribution in [0, 0.1) is 26.7 Å². The number of anilines is 1. The summed E-state index contributed by atoms with van der Waals surface area (Å²) in [6.45, 7) is 10.7. The zero-order valence-corrected chi connectivity index (χ0v) is 20.6. The predicted molar refractivity (Wildman–Crippen MR) is 130 cm³/mol. The van der Waals surface area contributed by atoms with E-state index in [1.807, 2.05) is 54.3 Å². The first kappa shape index (κ1) is 24.5. The van der Waals surface area contributed by atoms with E-state index in [-0.39, 0.29) is 24.0 Å². The molecule has 0 atom stereocenters. The van der Waals surface area contributed by atoms with Crippen LogP contribution in [-0.4, -0.2) is 42.1 Å². The molecule has 0 spiro atoms. The number of nitrogens with two attached hydrogens (primary N) is 1. The molecule has 2 aromatic heterocycles. The van der Waals surface area contributed by atoms with E-state index in [2.05, 4.69) is 34.5 Å². The molecule has 3 rings (SSSR count). The Balaban J connectivity index is 1.69. The molecule has 10 heteroatoms. The number of nitrogens with zero attached hydrogens (tertiary/aromatic N) is 5. The average molecular weight is 470 g/mol. The summed E-state index contributed by atoms with van der Waals surface area (Å²) in [6, 6.07) is 8.08. The number of thioether (sulfide) groups is 1. The van der Waals surface area contributed by atoms with E-state index >= 15 is 0 Å². The zero-order valence-electron chi connectivity index (χ0n) is 19.8. The third kappa shape index (κ3) is 6.22. The third-order valence-electron chi connectivity index (χ3n) is 5.10. The Kier molecular flexibility index (Phi) is 7.91. The highest BCUT2D eigenvalue weighted by Gasteiger charge is 2.18. The number of hydrogen-bond acceptors (Lipinski definition) is 6. The highest BCUT2D eigenvalue weighted by molar-refractivity contribution is 7.99. The summed E-state index contributed by atoms with van der Waals surface area (Å²) in [5.41, 5.74) is 9.73. The van der Waals surface area contributed by atoms with Crippen LogP contribution in [0.1, 0.15) is 43.0 Å². The third-order valence-corrected chi connectivity index (χ3v) is 6.07. The second kappa shape index (κ2) is 10.7. The van der Waals surface area contributed by atoms with Gasteiger partial charge in [-0.2, -0.15) is 5.10 Å². The molecule has 3 aromatic rings. The van der Waals surface area contributed by atoms with Crippen molar-refractivity contribution in [2.24, 2.45) is 11.7 Å². The van der Waals surface area contributed by atoms with Crippen LogP contribution in [0.4, 0.5) is 5.69 Å². The second-order valence-electron chi connectivity index (χ2n) is 8.50. The molecule has 0 bridgehead atoms. The molecule has 0 aliphatic rings. The van der Waals surface area contributed by atoms with Gasteiger partial charge in [0, 0.05) is 19.4 Å². The van der Waals surface area contributed by atoms with Crippen molar-refractivity contribution in [2.75, 3.05) is 11.1 Å². The molecule has 0 aliphatic heterocycles. The first-order valence-electron chi connectivity index (χ1n) is 10.9. The molecule has 1 aromatic carbocycles. The summed E-state index contributed by atoms with van der Waals surface area (Å²) in [5.74, 6) is 0.726. The maximum Gasteiger partial charge on any atom is 0.234 e. The number of hydrogen-bond donors (Lipinski definition) is 2. The number of nitrogens with one attached hydrogen (secondary N) is 1. The zero-order chi connectivity index (χ0) is 24.1. The molecule has 0 saturated heterocycles. The lowest BCUT2D eigenvalue weighted by molar-refractivity contribution is -0.118. The molecule has 0 fully saturated rings. The molecule has 176 valence electrons. The van der Waals surface area contributed by atoms with Gasteiger partial charge in [-0.15, -0.1) is 10.2 Å². The van der Waals surface area contributed by atoms with Gasteiger partial charge in [-0.05, 0) is 38.8 Å². The van der Waals surface area contributed by atoms with Gasteiger partial charge < -0.3 is 15.6 Å². The highest BCUT2D eigenvalue weighted by atomic mass is 32.2. The van der Waals surface area contributed by atoms with Crippen LogP contribution in [0.3, 0.4) is 0 Å². The van der Waals surface area contributed by atoms with Crippen LogP contribution in [0.15, 0.2) is 29.4 Å². The number of benzene rings is 1. The predicted octanol–water partition coefficient (Wildman–Crippen LogP) is 3.19. The molecular weight excluding hydrogens is 438 g/mol. The standard InChI is InChI=1S/C23H31N7O2S/c1-14(2)12-29-20(11-10-19(24)31)26-27-23(29)33-13-21(32)25-22-16(4)28-30(17(22)5)18-8-6-15(3)7-9-18/h6-9,14H,10-13H2,1-5H3,(H2,24,31)(H,25,32). The Bertz CT molecular complexity index is 1130. The van der Waals surface area contributed by atoms with Crippen molar-refractivity contribution < 1.29 is 9.59 Å². The summed E-state index contributed by atoms with van der Waals surface area (Å²) < 4.78 is 3.80. The summed E-state index contributed by atoms with van der Waals surface area (Å²) in [6.07, 6.45) is 0.642. The summed E-state index contributed by atoms with van der Waals surface area (Å²) in [4.78, 5) is 23.9. The van der Waals surface area contributed by atoms with Gasteiger partial charge in [0.25, 0.3) is 0 Å². The molecule has 2 amide bonds. The topological polar surface area (TPSA) is 121 Å². The van der Waals surface area contributed by atoms with E-state index in [1.165, 1.54) is 17.3 Å². The van der Waals surface area contributed by atoms with Crippen molar-refractivity contribution in [2.45, 2.75) is 59.2 Å². The fraction of sp³-hybridized carbons (Fsp3) is 0.435. The monoisotopic (exact) mass is 469 g/mol. The molecule has 0 saturated carbocycles. The smallest absolute Gasteiger partial charge is 0.234 e. The fourth-order valence-corrected chi connectivity index (χ4v) is 4.23. The lowest BCUT2D eigenvalue weighted by Gasteiger charge is -2.12. The van der Waals surface area contributed by atoms with Crippen LogP contribution in [0.2, 0.25) is 0 Å². The van der Waals surface area contributed by atoms with E-state index in [9.17, 15) is 9.59 Å². The number of carbonyl (C=O) groups excluding carboxylic acids is 2. The quantitative estimate of drug-likeness (QED) is 0.440. The van der Waals surface area contributed by atoms with Crippen molar-refractivity contribution in [1.82, 2.24) is 24.5 Å². The van der Waals surface area contributed by atoms with Crippen LogP contribution in [0.5, 0.6) is 0 Å². The van der Waals surface area contributed by atoms with Crippen molar-refractivity contribution in [3.8, 4) is 5.69 Å². The van der Waals surface area contributed by atoms with Crippen molar-refractivity contribution in [3.63, 3.8) is 0 Å². The number of primary amides is 1. The van der Waals surface area contributed by atoms with Gasteiger partial charge in [0.1, 0.15) is 5.82 Å². The first-order valence-corrected chi connectivity index (χ1v) is 11.9. The molecule has 33 heavy (non-hydrogen) atoms. The van der Waals surface area contributed by atoms with Gasteiger partial charge >= 0.3 is 0 Å². The van der Waals surface area contributed by atoms with Gasteiger partial charge in [0.15, 0.2) is 5.16 Å². The van der Waals surface area contributed by atoms with Gasteiger partial charge in [-0.3, -0.25) is 9.59 Å². The fourth-order valence-electron chi connectivity index (χ4n) is 3.46. The van der Waals surface area contributed by atoms with Crippen LogP contribution >= 0.6 is 11.8 Å². The van der Waals surface area contributed by atoms with Crippen LogP contribution < -0.4 is 11.1 Å². The van der Waals surface area contributed by atoms with Gasteiger partial charge in [0.2, 0.25) is 11.8 Å². The number of amides is 2. The Morgan fingerprint density at radius 2 is 1.82 bits per heavy atom. The number of carbonyl (C=O) groups is 2. The maximum atomic E-state index is 12.7. The summed E-state index contributed by atoms with van der Waals surface area (Å²) >= 11 is 1.32. The average Bonchev–Trinajstić information content (AvgIpc) is 3.26. The van der Waals surface area contributed by atoms with Gasteiger partial charge in [0.05, 0.1) is 28.5 Å². The minimum atomic E-state index is -0.375. The Hall–Kier alpha value is -3.14. The lowest BCUT2D eigenvalue weighted by Crippen LogP contribution is -2.17. The number of aromatic nitrogens is 5. The Morgan fingerprint density at radius 1 is 1.12 bits per heavy atom. The number of rotatable bonds is 10. The van der Waals surface area contributed by atoms with Crippen LogP contribution in [-0.2, 0) is 22.6 Å². The first-order chi connectivity index (χ1) is 15.7. The molecule has 3 N–H and O–H groups in total. The van der Waals surface area contributed by atoms with E-state index < -0.39 is 0 Å². The number of aryl methyl sites for hydroxylation is 3. The molecule has 0 aliphatic carbocycles. The summed E-state index contributed by atoms with van der Waals surface area (Å²) in [7, 11) is 0. The molecule has 9 nitrogen and oxygen atoms in total. The molecule has 0 radical (unpaired) electrons. The normalized spacial score (nSPS) is 11.2. The minimum Gasteiger partial charge on any atom is -0.370 e. The lowest BCUT2D eigenvalue weighted by atomic mass is 10.2. The highest BCUT2D eigenvalue weighted by Crippen LogP contribution is 2.24. The van der Waals surface area contributed by atoms with Gasteiger partial charge in [-0.25, -0.2) is 4.68 Å². The minimum absolute atomic E-state index is 0.146. The molecular formula is C23H31N7O2S. The molecule has 0 unspecified atom stereocenters.